The fraction of sp³-hybridized carbons (Fsp3) is 0.0690. The topological polar surface area (TPSA) is 110 Å². The summed E-state index contributed by atoms with van der Waals surface area (Å²) in [5, 5.41) is 10.1. The minimum absolute atomic E-state index is 0.163. The molecule has 0 fully saturated rings. The minimum atomic E-state index is -1.20. The van der Waals surface area contributed by atoms with Gasteiger partial charge in [-0.25, -0.2) is 14.5 Å². The van der Waals surface area contributed by atoms with E-state index in [0.717, 1.165) is 16.7 Å². The lowest BCUT2D eigenvalue weighted by molar-refractivity contribution is -0.117. The molecule has 1 aliphatic heterocycles. The number of hydrogen-bond donors (Lipinski definition) is 2. The van der Waals surface area contributed by atoms with E-state index in [2.05, 4.69) is 20.7 Å². The molecule has 0 radical (unpaired) electrons. The Morgan fingerprint density at radius 2 is 1.58 bits per heavy atom. The van der Waals surface area contributed by atoms with Gasteiger partial charge in [-0.3, -0.25) is 9.59 Å². The van der Waals surface area contributed by atoms with E-state index in [1.54, 1.807) is 12.1 Å². The van der Waals surface area contributed by atoms with Crippen LogP contribution in [0.5, 0.6) is 5.88 Å². The van der Waals surface area contributed by atoms with Crippen LogP contribution < -0.4 is 15.4 Å². The predicted molar refractivity (Wildman–Crippen MR) is 143 cm³/mol. The summed E-state index contributed by atoms with van der Waals surface area (Å²) in [4.78, 5) is 36.5. The van der Waals surface area contributed by atoms with Crippen LogP contribution in [0.3, 0.4) is 0 Å². The zero-order chi connectivity index (χ0) is 26.1. The molecular formula is C29H22N6O3. The van der Waals surface area contributed by atoms with Gasteiger partial charge in [-0.05, 0) is 12.1 Å². The summed E-state index contributed by atoms with van der Waals surface area (Å²) < 4.78 is 6.70. The third kappa shape index (κ3) is 4.16. The molecule has 186 valence electrons. The number of rotatable bonds is 5. The van der Waals surface area contributed by atoms with E-state index in [1.165, 1.54) is 11.6 Å². The molecule has 0 spiro atoms. The molecule has 5 aromatic rings. The number of amides is 2. The molecule has 0 aliphatic carbocycles. The van der Waals surface area contributed by atoms with Crippen LogP contribution >= 0.6 is 0 Å². The molecule has 2 N–H and O–H groups in total. The Kier molecular flexibility index (Phi) is 5.85. The molecule has 3 aromatic carbocycles. The number of para-hydroxylation sites is 1. The highest BCUT2D eigenvalue weighted by atomic mass is 16.5. The van der Waals surface area contributed by atoms with Crippen molar-refractivity contribution in [2.45, 2.75) is 6.17 Å². The summed E-state index contributed by atoms with van der Waals surface area (Å²) in [6.07, 6.45) is -1.20. The van der Waals surface area contributed by atoms with Gasteiger partial charge in [0.15, 0.2) is 11.3 Å². The van der Waals surface area contributed by atoms with Crippen molar-refractivity contribution >= 4 is 28.9 Å². The Hall–Kier alpha value is -5.31. The van der Waals surface area contributed by atoms with Gasteiger partial charge in [0, 0.05) is 22.8 Å². The van der Waals surface area contributed by atoms with Gasteiger partial charge in [0.2, 0.25) is 12.0 Å². The smallest absolute Gasteiger partial charge is 0.274 e. The van der Waals surface area contributed by atoms with Gasteiger partial charge in [0.1, 0.15) is 5.69 Å². The second-order valence-electron chi connectivity index (χ2n) is 8.58. The number of benzene rings is 3. The van der Waals surface area contributed by atoms with Gasteiger partial charge in [0.05, 0.1) is 18.5 Å². The van der Waals surface area contributed by atoms with Gasteiger partial charge in [-0.1, -0.05) is 78.9 Å². The molecular weight excluding hydrogens is 480 g/mol. The summed E-state index contributed by atoms with van der Waals surface area (Å²) in [6, 6.07) is 29.7. The summed E-state index contributed by atoms with van der Waals surface area (Å²) in [5.41, 5.74) is 4.56. The summed E-state index contributed by atoms with van der Waals surface area (Å²) in [7, 11) is 1.50. The van der Waals surface area contributed by atoms with E-state index >= 15 is 0 Å². The van der Waals surface area contributed by atoms with E-state index in [1.807, 2.05) is 84.9 Å². The number of anilines is 1. The first kappa shape index (κ1) is 23.1. The molecule has 2 aromatic heterocycles. The predicted octanol–water partition coefficient (Wildman–Crippen LogP) is 3.95. The molecule has 1 atom stereocenters. The highest BCUT2D eigenvalue weighted by molar-refractivity contribution is 6.20. The van der Waals surface area contributed by atoms with E-state index in [0.29, 0.717) is 28.6 Å². The van der Waals surface area contributed by atoms with Crippen LogP contribution in [0.15, 0.2) is 102 Å². The Morgan fingerprint density at radius 1 is 0.895 bits per heavy atom. The fourth-order valence-corrected chi connectivity index (χ4v) is 4.40. The Bertz CT molecular complexity index is 1700. The van der Waals surface area contributed by atoms with Crippen molar-refractivity contribution in [2.24, 2.45) is 4.99 Å². The Labute approximate surface area is 217 Å². The molecule has 2 amide bonds. The molecule has 0 saturated carbocycles. The maximum atomic E-state index is 13.9. The average Bonchev–Trinajstić information content (AvgIpc) is 3.29. The average molecular weight is 503 g/mol. The van der Waals surface area contributed by atoms with Gasteiger partial charge in [-0.2, -0.15) is 0 Å². The number of hydrogen-bond acceptors (Lipinski definition) is 6. The number of ether oxygens (including phenoxy) is 1. The molecule has 9 nitrogen and oxygen atoms in total. The highest BCUT2D eigenvalue weighted by Gasteiger charge is 2.30. The number of nitrogens with one attached hydrogen (secondary N) is 2. The SMILES string of the molecule is COc1ccc2nc(-c3ccccc3)c(C(=O)N[C@H]3N=C(c4ccccc4)c4ccccc4NC3=O)n2n1. The van der Waals surface area contributed by atoms with Crippen molar-refractivity contribution in [3.8, 4) is 17.1 Å². The van der Waals surface area contributed by atoms with Crippen LogP contribution in [0.25, 0.3) is 16.9 Å². The number of fused-ring (bicyclic) bond motifs is 2. The van der Waals surface area contributed by atoms with Crippen molar-refractivity contribution < 1.29 is 14.3 Å². The summed E-state index contributed by atoms with van der Waals surface area (Å²) >= 11 is 0. The van der Waals surface area contributed by atoms with Gasteiger partial charge in [-0.15, -0.1) is 5.10 Å². The molecule has 3 heterocycles. The van der Waals surface area contributed by atoms with Crippen molar-refractivity contribution in [2.75, 3.05) is 12.4 Å². The second-order valence-corrected chi connectivity index (χ2v) is 8.58. The first-order chi connectivity index (χ1) is 18.6. The summed E-state index contributed by atoms with van der Waals surface area (Å²) in [6.45, 7) is 0. The third-order valence-electron chi connectivity index (χ3n) is 6.19. The second kappa shape index (κ2) is 9.62. The largest absolute Gasteiger partial charge is 0.480 e. The zero-order valence-electron chi connectivity index (χ0n) is 20.3. The molecule has 9 heteroatoms. The van der Waals surface area contributed by atoms with Gasteiger partial charge < -0.3 is 15.4 Å². The third-order valence-corrected chi connectivity index (χ3v) is 6.19. The van der Waals surface area contributed by atoms with Crippen LogP contribution in [-0.4, -0.2) is 45.4 Å². The number of benzodiazepines with no additional fused rings is 1. The Balaban J connectivity index is 1.45. The molecule has 1 aliphatic rings. The molecule has 0 saturated heterocycles. The molecule has 0 bridgehead atoms. The monoisotopic (exact) mass is 502 g/mol. The quantitative estimate of drug-likeness (QED) is 0.378. The fourth-order valence-electron chi connectivity index (χ4n) is 4.40. The van der Waals surface area contributed by atoms with Gasteiger partial charge in [0.25, 0.3) is 11.8 Å². The first-order valence-corrected chi connectivity index (χ1v) is 12.0. The minimum Gasteiger partial charge on any atom is -0.480 e. The lowest BCUT2D eigenvalue weighted by atomic mass is 10.0. The van der Waals surface area contributed by atoms with Gasteiger partial charge >= 0.3 is 0 Å². The lowest BCUT2D eigenvalue weighted by Crippen LogP contribution is -2.43. The van der Waals surface area contributed by atoms with Crippen LogP contribution in [0.4, 0.5) is 5.69 Å². The lowest BCUT2D eigenvalue weighted by Gasteiger charge is -2.14. The van der Waals surface area contributed by atoms with Crippen LogP contribution in [-0.2, 0) is 4.79 Å². The number of methoxy groups -OCH3 is 1. The van der Waals surface area contributed by atoms with Crippen molar-refractivity contribution in [1.29, 1.82) is 0 Å². The molecule has 6 rings (SSSR count). The van der Waals surface area contributed by atoms with E-state index in [9.17, 15) is 9.59 Å². The Morgan fingerprint density at radius 3 is 2.32 bits per heavy atom. The maximum Gasteiger partial charge on any atom is 0.274 e. The van der Waals surface area contributed by atoms with Crippen LogP contribution in [0, 0.1) is 0 Å². The van der Waals surface area contributed by atoms with E-state index < -0.39 is 18.0 Å². The number of nitrogens with zero attached hydrogens (tertiary/aromatic N) is 4. The number of carbonyl (C=O) groups is 2. The number of aliphatic imine (C=N–C) groups is 1. The van der Waals surface area contributed by atoms with E-state index in [4.69, 9.17) is 9.73 Å². The molecule has 0 unspecified atom stereocenters. The number of aromatic nitrogens is 3. The number of carbonyl (C=O) groups excluding carboxylic acids is 2. The van der Waals surface area contributed by atoms with Crippen molar-refractivity contribution in [3.63, 3.8) is 0 Å². The van der Waals surface area contributed by atoms with E-state index in [-0.39, 0.29) is 5.69 Å². The standard InChI is InChI=1S/C29H22N6O3/c1-38-23-17-16-22-31-25(19-12-6-3-7-13-19)26(35(22)34-23)28(36)33-27-29(37)30-21-15-9-8-14-20(21)24(32-27)18-10-4-2-5-11-18/h2-17,27H,1H3,(H,30,37)(H,33,36)/t27-/m1/s1. The first-order valence-electron chi connectivity index (χ1n) is 12.0. The van der Waals surface area contributed by atoms with Crippen molar-refractivity contribution in [3.05, 3.63) is 114 Å². The summed E-state index contributed by atoms with van der Waals surface area (Å²) in [5.74, 6) is -0.702. The zero-order valence-corrected chi connectivity index (χ0v) is 20.3. The highest BCUT2D eigenvalue weighted by Crippen LogP contribution is 2.26. The van der Waals surface area contributed by atoms with Crippen molar-refractivity contribution in [1.82, 2.24) is 19.9 Å². The molecule has 38 heavy (non-hydrogen) atoms. The number of imidazole rings is 1. The maximum absolute atomic E-state index is 13.9. The van der Waals surface area contributed by atoms with Crippen LogP contribution in [0.2, 0.25) is 0 Å². The normalized spacial score (nSPS) is 14.7. The van der Waals surface area contributed by atoms with Crippen LogP contribution in [0.1, 0.15) is 21.6 Å².